The predicted molar refractivity (Wildman–Crippen MR) is 166 cm³/mol. The Morgan fingerprint density at radius 2 is 1.79 bits per heavy atom. The third-order valence-corrected chi connectivity index (χ3v) is 9.07. The highest BCUT2D eigenvalue weighted by Gasteiger charge is 2.38. The number of nitrogens with zero attached hydrogens (tertiary/aromatic N) is 3. The maximum Gasteiger partial charge on any atom is 0.338 e. The first kappa shape index (κ1) is 28.9. The second kappa shape index (κ2) is 11.5. The number of aromatic nitrogens is 1. The molecule has 8 nitrogen and oxygen atoms in total. The van der Waals surface area contributed by atoms with Crippen molar-refractivity contribution in [3.05, 3.63) is 124 Å². The molecule has 1 aromatic heterocycles. The van der Waals surface area contributed by atoms with Crippen molar-refractivity contribution < 1.29 is 19.1 Å². The second-order valence-corrected chi connectivity index (χ2v) is 11.7. The van der Waals surface area contributed by atoms with Gasteiger partial charge in [0.2, 0.25) is 0 Å². The van der Waals surface area contributed by atoms with Crippen LogP contribution in [0.25, 0.3) is 5.57 Å². The molecule has 0 N–H and O–H groups in total. The SMILES string of the molecule is CCOC(=O)C1=C(C)N=c2s/c(=C3\C(=O)N(Cc4ccccc4Cl)c4ccccc43)c(=O)n2[C@@H]1c1cc(Cl)ccc1OC. The van der Waals surface area contributed by atoms with Crippen molar-refractivity contribution in [1.29, 1.82) is 0 Å². The highest BCUT2D eigenvalue weighted by Crippen LogP contribution is 2.39. The van der Waals surface area contributed by atoms with Crippen LogP contribution >= 0.6 is 34.5 Å². The largest absolute Gasteiger partial charge is 0.496 e. The number of carbonyl (C=O) groups excluding carboxylic acids is 2. The molecule has 0 unspecified atom stereocenters. The van der Waals surface area contributed by atoms with E-state index in [-0.39, 0.29) is 34.7 Å². The molecule has 1 amide bonds. The van der Waals surface area contributed by atoms with Gasteiger partial charge in [0.05, 0.1) is 42.8 Å². The summed E-state index contributed by atoms with van der Waals surface area (Å²) in [6.07, 6.45) is 0. The number of benzene rings is 3. The molecule has 0 spiro atoms. The lowest BCUT2D eigenvalue weighted by Crippen LogP contribution is -2.41. The van der Waals surface area contributed by atoms with Crippen molar-refractivity contribution in [1.82, 2.24) is 4.57 Å². The fourth-order valence-corrected chi connectivity index (χ4v) is 7.02. The van der Waals surface area contributed by atoms with E-state index in [4.69, 9.17) is 32.7 Å². The number of thiazole rings is 1. The molecular weight excluding hydrogens is 609 g/mol. The zero-order chi connectivity index (χ0) is 30.4. The number of hydrogen-bond donors (Lipinski definition) is 0. The van der Waals surface area contributed by atoms with E-state index in [1.165, 1.54) is 11.7 Å². The summed E-state index contributed by atoms with van der Waals surface area (Å²) in [6, 6.07) is 18.7. The minimum atomic E-state index is -0.954. The molecule has 0 fully saturated rings. The van der Waals surface area contributed by atoms with Crippen LogP contribution in [0.15, 0.2) is 87.8 Å². The van der Waals surface area contributed by atoms with Gasteiger partial charge in [0.25, 0.3) is 11.5 Å². The van der Waals surface area contributed by atoms with E-state index in [1.807, 2.05) is 42.5 Å². The molecular formula is C32H25Cl2N3O5S. The Morgan fingerprint density at radius 3 is 2.53 bits per heavy atom. The number of esters is 1. The smallest absolute Gasteiger partial charge is 0.338 e. The average Bonchev–Trinajstić information content (AvgIpc) is 3.45. The Bertz CT molecular complexity index is 2030. The first-order valence-corrected chi connectivity index (χ1v) is 15.0. The zero-order valence-corrected chi connectivity index (χ0v) is 25.7. The predicted octanol–water partition coefficient (Wildman–Crippen LogP) is 5.03. The third kappa shape index (κ3) is 4.87. The summed E-state index contributed by atoms with van der Waals surface area (Å²) in [7, 11) is 1.50. The van der Waals surface area contributed by atoms with Crippen LogP contribution in [0.1, 0.15) is 36.6 Å². The Hall–Kier alpha value is -4.18. The number of fused-ring (bicyclic) bond motifs is 2. The van der Waals surface area contributed by atoms with Crippen LogP contribution in [-0.4, -0.2) is 30.2 Å². The van der Waals surface area contributed by atoms with Crippen molar-refractivity contribution in [3.63, 3.8) is 0 Å². The molecule has 0 saturated heterocycles. The fourth-order valence-electron chi connectivity index (χ4n) is 5.51. The maximum absolute atomic E-state index is 14.4. The minimum Gasteiger partial charge on any atom is -0.496 e. The summed E-state index contributed by atoms with van der Waals surface area (Å²) in [5.41, 5.74) is 2.94. The molecule has 6 rings (SSSR count). The molecule has 3 heterocycles. The number of allylic oxidation sites excluding steroid dienone is 1. The van der Waals surface area contributed by atoms with Gasteiger partial charge < -0.3 is 14.4 Å². The number of methoxy groups -OCH3 is 1. The molecule has 2 aliphatic rings. The summed E-state index contributed by atoms with van der Waals surface area (Å²) in [6.45, 7) is 3.76. The van der Waals surface area contributed by atoms with E-state index in [2.05, 4.69) is 4.99 Å². The Morgan fingerprint density at radius 1 is 1.05 bits per heavy atom. The lowest BCUT2D eigenvalue weighted by Gasteiger charge is -2.26. The van der Waals surface area contributed by atoms with Crippen LogP contribution in [0.2, 0.25) is 10.0 Å². The molecule has 43 heavy (non-hydrogen) atoms. The maximum atomic E-state index is 14.4. The number of carbonyl (C=O) groups is 2. The lowest BCUT2D eigenvalue weighted by molar-refractivity contribution is -0.139. The van der Waals surface area contributed by atoms with Crippen LogP contribution in [0.5, 0.6) is 5.75 Å². The number of anilines is 1. The molecule has 3 aromatic carbocycles. The van der Waals surface area contributed by atoms with Crippen molar-refractivity contribution in [2.24, 2.45) is 4.99 Å². The second-order valence-electron chi connectivity index (χ2n) is 9.88. The van der Waals surface area contributed by atoms with Gasteiger partial charge in [-0.05, 0) is 49.7 Å². The monoisotopic (exact) mass is 633 g/mol. The zero-order valence-electron chi connectivity index (χ0n) is 23.4. The van der Waals surface area contributed by atoms with Crippen molar-refractivity contribution in [2.45, 2.75) is 26.4 Å². The van der Waals surface area contributed by atoms with E-state index in [0.717, 1.165) is 16.9 Å². The first-order chi connectivity index (χ1) is 20.7. The standard InChI is InChI=1S/C32H25Cl2N3O5S/c1-4-42-31(40)25-17(2)35-32-37(27(25)21-15-19(33)13-14-24(21)41-3)30(39)28(43-32)26-20-10-6-8-12-23(20)36(29(26)38)16-18-9-5-7-11-22(18)34/h5-15,27H,4,16H2,1-3H3/b28-26-/t27-/m1/s1. The summed E-state index contributed by atoms with van der Waals surface area (Å²) in [5.74, 6) is -0.510. The molecule has 1 atom stereocenters. The molecule has 0 bridgehead atoms. The molecule has 4 aromatic rings. The minimum absolute atomic E-state index is 0.135. The van der Waals surface area contributed by atoms with E-state index in [9.17, 15) is 14.4 Å². The van der Waals surface area contributed by atoms with Crippen LogP contribution < -0.4 is 24.5 Å². The van der Waals surface area contributed by atoms with Gasteiger partial charge >= 0.3 is 5.97 Å². The highest BCUT2D eigenvalue weighted by molar-refractivity contribution is 7.07. The Kier molecular flexibility index (Phi) is 7.72. The molecule has 2 aliphatic heterocycles. The van der Waals surface area contributed by atoms with Gasteiger partial charge in [0, 0.05) is 21.2 Å². The van der Waals surface area contributed by atoms with E-state index < -0.39 is 17.6 Å². The van der Waals surface area contributed by atoms with Crippen molar-refractivity contribution in [2.75, 3.05) is 18.6 Å². The highest BCUT2D eigenvalue weighted by atomic mass is 35.5. The normalized spacial score (nSPS) is 17.0. The summed E-state index contributed by atoms with van der Waals surface area (Å²) in [4.78, 5) is 48.5. The van der Waals surface area contributed by atoms with Crippen LogP contribution in [-0.2, 0) is 20.9 Å². The number of hydrogen-bond acceptors (Lipinski definition) is 7. The number of ether oxygens (including phenoxy) is 2. The van der Waals surface area contributed by atoms with Gasteiger partial charge in [-0.15, -0.1) is 0 Å². The first-order valence-electron chi connectivity index (χ1n) is 13.5. The molecule has 11 heteroatoms. The summed E-state index contributed by atoms with van der Waals surface area (Å²) in [5, 5.41) is 0.937. The van der Waals surface area contributed by atoms with Gasteiger partial charge in [-0.25, -0.2) is 9.79 Å². The Balaban J connectivity index is 1.61. The molecule has 0 radical (unpaired) electrons. The molecule has 0 saturated carbocycles. The average molecular weight is 635 g/mol. The van der Waals surface area contributed by atoms with Gasteiger partial charge in [-0.1, -0.05) is 70.9 Å². The van der Waals surface area contributed by atoms with E-state index in [0.29, 0.717) is 43.1 Å². The molecule has 0 aliphatic carbocycles. The van der Waals surface area contributed by atoms with Crippen LogP contribution in [0.3, 0.4) is 0 Å². The van der Waals surface area contributed by atoms with Gasteiger partial charge in [0.15, 0.2) is 4.80 Å². The van der Waals surface area contributed by atoms with Gasteiger partial charge in [-0.2, -0.15) is 0 Å². The number of rotatable bonds is 6. The van der Waals surface area contributed by atoms with Crippen molar-refractivity contribution in [3.8, 4) is 5.75 Å². The number of halogens is 2. The Labute approximate surface area is 260 Å². The molecule has 218 valence electrons. The topological polar surface area (TPSA) is 90.2 Å². The summed E-state index contributed by atoms with van der Waals surface area (Å²) < 4.78 is 12.7. The lowest BCUT2D eigenvalue weighted by atomic mass is 9.95. The van der Waals surface area contributed by atoms with E-state index in [1.54, 1.807) is 43.0 Å². The third-order valence-electron chi connectivity index (χ3n) is 7.42. The number of amides is 1. The van der Waals surface area contributed by atoms with Crippen LogP contribution in [0, 0.1) is 0 Å². The quantitative estimate of drug-likeness (QED) is 0.278. The van der Waals surface area contributed by atoms with Crippen molar-refractivity contribution >= 4 is 57.7 Å². The van der Waals surface area contributed by atoms with Gasteiger partial charge in [-0.3, -0.25) is 14.2 Å². The fraction of sp³-hybridized carbons (Fsp3) is 0.188. The number of para-hydroxylation sites is 1. The van der Waals surface area contributed by atoms with Crippen LogP contribution in [0.4, 0.5) is 5.69 Å². The summed E-state index contributed by atoms with van der Waals surface area (Å²) >= 11 is 13.9. The van der Waals surface area contributed by atoms with E-state index >= 15 is 0 Å². The van der Waals surface area contributed by atoms with Gasteiger partial charge in [0.1, 0.15) is 16.3 Å².